The molecule has 0 aliphatic heterocycles. The van der Waals surface area contributed by atoms with Gasteiger partial charge in [-0.05, 0) is 0 Å². The van der Waals surface area contributed by atoms with Crippen molar-refractivity contribution in [1.82, 2.24) is 5.32 Å². The van der Waals surface area contributed by atoms with E-state index in [2.05, 4.69) is 5.32 Å². The molecular formula is C8H14F3NO3. The maximum atomic E-state index is 11.7. The Labute approximate surface area is 85.7 Å². The van der Waals surface area contributed by atoms with Crippen molar-refractivity contribution in [1.29, 1.82) is 0 Å². The zero-order valence-electron chi connectivity index (χ0n) is 8.56. The zero-order valence-corrected chi connectivity index (χ0v) is 8.56. The monoisotopic (exact) mass is 229 g/mol. The second kappa shape index (κ2) is 6.62. The average molecular weight is 229 g/mol. The fourth-order valence-electron chi connectivity index (χ4n) is 0.804. The SMILES string of the molecule is COC(CNC(=O)CCC(F)(F)F)OC. The van der Waals surface area contributed by atoms with Crippen LogP contribution >= 0.6 is 0 Å². The van der Waals surface area contributed by atoms with Gasteiger partial charge in [0.15, 0.2) is 6.29 Å². The number of hydrogen-bond acceptors (Lipinski definition) is 3. The van der Waals surface area contributed by atoms with Crippen LogP contribution in [-0.4, -0.2) is 39.1 Å². The molecule has 1 N–H and O–H groups in total. The van der Waals surface area contributed by atoms with Gasteiger partial charge in [0.2, 0.25) is 5.91 Å². The van der Waals surface area contributed by atoms with Crippen LogP contribution < -0.4 is 5.32 Å². The van der Waals surface area contributed by atoms with Gasteiger partial charge in [-0.15, -0.1) is 0 Å². The lowest BCUT2D eigenvalue weighted by Gasteiger charge is -2.14. The number of ether oxygens (including phenoxy) is 2. The van der Waals surface area contributed by atoms with E-state index in [4.69, 9.17) is 9.47 Å². The summed E-state index contributed by atoms with van der Waals surface area (Å²) >= 11 is 0. The zero-order chi connectivity index (χ0) is 11.9. The number of methoxy groups -OCH3 is 2. The Balaban J connectivity index is 3.66. The molecule has 0 rings (SSSR count). The molecule has 0 radical (unpaired) electrons. The van der Waals surface area contributed by atoms with Gasteiger partial charge < -0.3 is 14.8 Å². The van der Waals surface area contributed by atoms with E-state index in [1.165, 1.54) is 14.2 Å². The normalized spacial score (nSPS) is 11.9. The number of hydrogen-bond donors (Lipinski definition) is 1. The molecule has 0 saturated heterocycles. The Bertz CT molecular complexity index is 192. The van der Waals surface area contributed by atoms with Crippen LogP contribution in [0.1, 0.15) is 12.8 Å². The van der Waals surface area contributed by atoms with E-state index in [0.717, 1.165) is 0 Å². The highest BCUT2D eigenvalue weighted by molar-refractivity contribution is 5.75. The van der Waals surface area contributed by atoms with Gasteiger partial charge in [0.05, 0.1) is 13.0 Å². The van der Waals surface area contributed by atoms with Gasteiger partial charge in [-0.25, -0.2) is 0 Å². The first kappa shape index (κ1) is 14.2. The maximum absolute atomic E-state index is 11.7. The number of nitrogens with one attached hydrogen (secondary N) is 1. The molecule has 0 heterocycles. The van der Waals surface area contributed by atoms with Crippen LogP contribution in [0.2, 0.25) is 0 Å². The number of halogens is 3. The molecule has 4 nitrogen and oxygen atoms in total. The highest BCUT2D eigenvalue weighted by Crippen LogP contribution is 2.20. The van der Waals surface area contributed by atoms with Crippen molar-refractivity contribution < 1.29 is 27.4 Å². The van der Waals surface area contributed by atoms with E-state index in [0.29, 0.717) is 0 Å². The molecule has 0 spiro atoms. The molecule has 0 unspecified atom stereocenters. The molecule has 0 fully saturated rings. The molecular weight excluding hydrogens is 215 g/mol. The van der Waals surface area contributed by atoms with E-state index in [1.807, 2.05) is 0 Å². The third-order valence-electron chi connectivity index (χ3n) is 1.63. The van der Waals surface area contributed by atoms with Gasteiger partial charge in [0.25, 0.3) is 0 Å². The minimum Gasteiger partial charge on any atom is -0.354 e. The van der Waals surface area contributed by atoms with Crippen molar-refractivity contribution >= 4 is 5.91 Å². The van der Waals surface area contributed by atoms with Crippen LogP contribution in [-0.2, 0) is 14.3 Å². The third kappa shape index (κ3) is 8.19. The van der Waals surface area contributed by atoms with Crippen molar-refractivity contribution in [2.75, 3.05) is 20.8 Å². The van der Waals surface area contributed by atoms with Crippen LogP contribution in [0.15, 0.2) is 0 Å². The van der Waals surface area contributed by atoms with Crippen LogP contribution in [0.4, 0.5) is 13.2 Å². The van der Waals surface area contributed by atoms with E-state index in [-0.39, 0.29) is 6.54 Å². The number of alkyl halides is 3. The average Bonchev–Trinajstić information content (AvgIpc) is 2.15. The summed E-state index contributed by atoms with van der Waals surface area (Å²) in [5, 5.41) is 2.27. The van der Waals surface area contributed by atoms with Gasteiger partial charge in [-0.1, -0.05) is 0 Å². The number of rotatable bonds is 6. The molecule has 1 amide bonds. The minimum atomic E-state index is -4.31. The fraction of sp³-hybridized carbons (Fsp3) is 0.875. The molecule has 0 aromatic carbocycles. The van der Waals surface area contributed by atoms with Gasteiger partial charge in [0, 0.05) is 20.6 Å². The molecule has 0 aliphatic carbocycles. The van der Waals surface area contributed by atoms with Crippen LogP contribution in [0.3, 0.4) is 0 Å². The summed E-state index contributed by atoms with van der Waals surface area (Å²) in [6, 6.07) is 0. The smallest absolute Gasteiger partial charge is 0.354 e. The molecule has 0 bridgehead atoms. The summed E-state index contributed by atoms with van der Waals surface area (Å²) < 4.78 is 44.6. The van der Waals surface area contributed by atoms with E-state index in [9.17, 15) is 18.0 Å². The first-order valence-electron chi connectivity index (χ1n) is 4.28. The summed E-state index contributed by atoms with van der Waals surface area (Å²) in [6.45, 7) is 0.0314. The highest BCUT2D eigenvalue weighted by Gasteiger charge is 2.27. The largest absolute Gasteiger partial charge is 0.389 e. The van der Waals surface area contributed by atoms with Gasteiger partial charge in [-0.2, -0.15) is 13.2 Å². The lowest BCUT2D eigenvalue weighted by atomic mass is 10.3. The van der Waals surface area contributed by atoms with Crippen LogP contribution in [0.25, 0.3) is 0 Å². The van der Waals surface area contributed by atoms with Crippen LogP contribution in [0, 0.1) is 0 Å². The molecule has 90 valence electrons. The summed E-state index contributed by atoms with van der Waals surface area (Å²) in [5.74, 6) is -0.675. The first-order chi connectivity index (χ1) is 6.89. The Morgan fingerprint density at radius 3 is 2.27 bits per heavy atom. The summed E-state index contributed by atoms with van der Waals surface area (Å²) in [4.78, 5) is 10.9. The topological polar surface area (TPSA) is 47.6 Å². The highest BCUT2D eigenvalue weighted by atomic mass is 19.4. The second-order valence-corrected chi connectivity index (χ2v) is 2.82. The van der Waals surface area contributed by atoms with Gasteiger partial charge >= 0.3 is 6.18 Å². The number of amides is 1. The summed E-state index contributed by atoms with van der Waals surface area (Å²) in [5.41, 5.74) is 0. The molecule has 0 saturated carbocycles. The second-order valence-electron chi connectivity index (χ2n) is 2.82. The Morgan fingerprint density at radius 1 is 1.33 bits per heavy atom. The van der Waals surface area contributed by atoms with Crippen molar-refractivity contribution in [2.45, 2.75) is 25.3 Å². The fourth-order valence-corrected chi connectivity index (χ4v) is 0.804. The van der Waals surface area contributed by atoms with Gasteiger partial charge in [-0.3, -0.25) is 4.79 Å². The first-order valence-corrected chi connectivity index (χ1v) is 4.28. The van der Waals surface area contributed by atoms with Gasteiger partial charge in [0.1, 0.15) is 0 Å². The maximum Gasteiger partial charge on any atom is 0.389 e. The lowest BCUT2D eigenvalue weighted by Crippen LogP contribution is -2.34. The predicted octanol–water partition coefficient (Wildman–Crippen LogP) is 1.06. The summed E-state index contributed by atoms with van der Waals surface area (Å²) in [7, 11) is 2.74. The van der Waals surface area contributed by atoms with Crippen molar-refractivity contribution in [3.63, 3.8) is 0 Å². The third-order valence-corrected chi connectivity index (χ3v) is 1.63. The lowest BCUT2D eigenvalue weighted by molar-refractivity contribution is -0.145. The molecule has 7 heteroatoms. The molecule has 0 atom stereocenters. The summed E-state index contributed by atoms with van der Waals surface area (Å²) in [6.07, 6.45) is -6.65. The van der Waals surface area contributed by atoms with E-state index >= 15 is 0 Å². The Hall–Kier alpha value is -0.820. The van der Waals surface area contributed by atoms with Crippen molar-refractivity contribution in [2.24, 2.45) is 0 Å². The Kier molecular flexibility index (Phi) is 6.26. The van der Waals surface area contributed by atoms with Crippen molar-refractivity contribution in [3.8, 4) is 0 Å². The number of carbonyl (C=O) groups excluding carboxylic acids is 1. The van der Waals surface area contributed by atoms with E-state index < -0.39 is 31.2 Å². The minimum absolute atomic E-state index is 0.0314. The quantitative estimate of drug-likeness (QED) is 0.693. The molecule has 0 aromatic heterocycles. The van der Waals surface area contributed by atoms with Crippen LogP contribution in [0.5, 0.6) is 0 Å². The standard InChI is InChI=1S/C8H14F3NO3/c1-14-7(15-2)5-12-6(13)3-4-8(9,10)11/h7H,3-5H2,1-2H3,(H,12,13). The molecule has 15 heavy (non-hydrogen) atoms. The molecule has 0 aromatic rings. The molecule has 0 aliphatic rings. The van der Waals surface area contributed by atoms with E-state index in [1.54, 1.807) is 0 Å². The predicted molar refractivity (Wildman–Crippen MR) is 46.1 cm³/mol. The Morgan fingerprint density at radius 2 is 1.87 bits per heavy atom. The van der Waals surface area contributed by atoms with Crippen molar-refractivity contribution in [3.05, 3.63) is 0 Å². The number of carbonyl (C=O) groups is 1.